The fourth-order valence-corrected chi connectivity index (χ4v) is 3.61. The van der Waals surface area contributed by atoms with Gasteiger partial charge in [0.05, 0.1) is 12.0 Å². The lowest BCUT2D eigenvalue weighted by atomic mass is 10.1. The fourth-order valence-electron chi connectivity index (χ4n) is 2.39. The lowest BCUT2D eigenvalue weighted by molar-refractivity contribution is -0.147. The molecule has 21 heavy (non-hydrogen) atoms. The summed E-state index contributed by atoms with van der Waals surface area (Å²) in [6.07, 6.45) is 0. The number of benzene rings is 1. The first kappa shape index (κ1) is 15.8. The lowest BCUT2D eigenvalue weighted by Gasteiger charge is -2.33. The number of amides is 1. The van der Waals surface area contributed by atoms with Gasteiger partial charge in [-0.25, -0.2) is 9.18 Å². The number of halogens is 1. The van der Waals surface area contributed by atoms with E-state index >= 15 is 0 Å². The van der Waals surface area contributed by atoms with E-state index < -0.39 is 22.4 Å². The van der Waals surface area contributed by atoms with E-state index in [0.29, 0.717) is 5.56 Å². The first-order valence-corrected chi connectivity index (χ1v) is 7.46. The maximum absolute atomic E-state index is 14.2. The molecule has 0 aromatic heterocycles. The van der Waals surface area contributed by atoms with Crippen molar-refractivity contribution in [2.45, 2.75) is 37.2 Å². The molecule has 1 amide bonds. The van der Waals surface area contributed by atoms with Gasteiger partial charge in [0.1, 0.15) is 0 Å². The van der Waals surface area contributed by atoms with E-state index in [9.17, 15) is 14.0 Å². The van der Waals surface area contributed by atoms with E-state index in [4.69, 9.17) is 0 Å². The number of hydrogen-bond donors (Lipinski definition) is 0. The summed E-state index contributed by atoms with van der Waals surface area (Å²) in [7, 11) is 1.19. The van der Waals surface area contributed by atoms with Crippen molar-refractivity contribution in [2.24, 2.45) is 0 Å². The van der Waals surface area contributed by atoms with Gasteiger partial charge in [0.25, 0.3) is 5.91 Å². The summed E-state index contributed by atoms with van der Waals surface area (Å²) in [5.41, 5.74) is -0.0476. The van der Waals surface area contributed by atoms with Gasteiger partial charge in [0, 0.05) is 5.56 Å². The number of nitrogens with zero attached hydrogens (tertiary/aromatic N) is 1. The highest BCUT2D eigenvalue weighted by Crippen LogP contribution is 2.45. The second-order valence-corrected chi connectivity index (χ2v) is 7.11. The third-order valence-corrected chi connectivity index (χ3v) is 4.72. The van der Waals surface area contributed by atoms with Gasteiger partial charge in [-0.1, -0.05) is 29.5 Å². The summed E-state index contributed by atoms with van der Waals surface area (Å²) in [4.78, 5) is 25.0. The van der Waals surface area contributed by atoms with Crippen molar-refractivity contribution in [1.82, 2.24) is 4.90 Å². The van der Waals surface area contributed by atoms with Crippen molar-refractivity contribution in [2.75, 3.05) is 7.11 Å². The Morgan fingerprint density at radius 2 is 1.86 bits per heavy atom. The quantitative estimate of drug-likeness (QED) is 0.788. The molecule has 0 N–H and O–H groups in total. The second-order valence-electron chi connectivity index (χ2n) is 5.42. The van der Waals surface area contributed by atoms with Gasteiger partial charge in [0.15, 0.2) is 11.5 Å². The highest BCUT2D eigenvalue weighted by atomic mass is 32.2. The zero-order chi connectivity index (χ0) is 15.8. The summed E-state index contributed by atoms with van der Waals surface area (Å²) in [5.74, 6) is -1.11. The average molecular weight is 311 g/mol. The Morgan fingerprint density at radius 3 is 2.38 bits per heavy atom. The third kappa shape index (κ3) is 2.90. The Bertz CT molecular complexity index is 559. The normalized spacial score (nSPS) is 24.0. The monoisotopic (exact) mass is 311 g/mol. The molecule has 6 heteroatoms. The van der Waals surface area contributed by atoms with E-state index in [1.165, 1.54) is 12.0 Å². The Labute approximate surface area is 127 Å². The highest BCUT2D eigenvalue weighted by molar-refractivity contribution is 8.01. The molecule has 2 atom stereocenters. The van der Waals surface area contributed by atoms with Crippen LogP contribution >= 0.6 is 11.8 Å². The summed E-state index contributed by atoms with van der Waals surface area (Å²) >= 11 is 0.946. The van der Waals surface area contributed by atoms with E-state index in [-0.39, 0.29) is 5.91 Å². The van der Waals surface area contributed by atoms with Gasteiger partial charge in [0.2, 0.25) is 0 Å². The predicted molar refractivity (Wildman–Crippen MR) is 79.7 cm³/mol. The van der Waals surface area contributed by atoms with Crippen LogP contribution in [0.25, 0.3) is 0 Å². The summed E-state index contributed by atoms with van der Waals surface area (Å²) in [6.45, 7) is 5.36. The van der Waals surface area contributed by atoms with Crippen molar-refractivity contribution < 1.29 is 18.7 Å². The molecule has 0 aliphatic carbocycles. The van der Waals surface area contributed by atoms with Crippen LogP contribution in [0.3, 0.4) is 0 Å². The first-order chi connectivity index (χ1) is 9.77. The maximum atomic E-state index is 14.2. The second kappa shape index (κ2) is 5.67. The summed E-state index contributed by atoms with van der Waals surface area (Å²) in [5, 5.41) is 0. The van der Waals surface area contributed by atoms with Crippen LogP contribution in [0.2, 0.25) is 0 Å². The predicted octanol–water partition coefficient (Wildman–Crippen LogP) is 2.76. The van der Waals surface area contributed by atoms with E-state index in [0.717, 1.165) is 17.3 Å². The van der Waals surface area contributed by atoms with Crippen LogP contribution in [0.15, 0.2) is 24.3 Å². The number of methoxy groups -OCH3 is 1. The lowest BCUT2D eigenvalue weighted by Crippen LogP contribution is -2.51. The van der Waals surface area contributed by atoms with E-state index in [1.54, 1.807) is 26.0 Å². The van der Waals surface area contributed by atoms with Gasteiger partial charge in [-0.15, -0.1) is 0 Å². The number of ether oxygens (including phenoxy) is 1. The first-order valence-electron chi connectivity index (χ1n) is 6.58. The smallest absolute Gasteiger partial charge is 0.332 e. The van der Waals surface area contributed by atoms with Gasteiger partial charge in [-0.3, -0.25) is 4.79 Å². The largest absolute Gasteiger partial charge is 0.467 e. The van der Waals surface area contributed by atoms with Crippen molar-refractivity contribution in [3.05, 3.63) is 35.4 Å². The van der Waals surface area contributed by atoms with Crippen molar-refractivity contribution in [3.8, 4) is 0 Å². The number of thioether (sulfide) groups is 1. The number of rotatable bonds is 2. The molecule has 114 valence electrons. The Kier molecular flexibility index (Phi) is 4.27. The standard InChI is InChI=1S/C15H18FNO3S/c1-9-5-7-10(8-6-9)13(18)17-11(14(19)20-4)12(16)21-15(17,2)3/h5-8,11-12H,1-4H3/t11-,12-/m0/s1. The van der Waals surface area contributed by atoms with Crippen LogP contribution < -0.4 is 0 Å². The number of carbonyl (C=O) groups is 2. The van der Waals surface area contributed by atoms with Gasteiger partial charge in [-0.2, -0.15) is 0 Å². The van der Waals surface area contributed by atoms with E-state index in [1.807, 2.05) is 19.1 Å². The molecule has 1 saturated heterocycles. The number of alkyl halides is 1. The number of esters is 1. The van der Waals surface area contributed by atoms with Crippen LogP contribution in [-0.4, -0.2) is 40.3 Å². The van der Waals surface area contributed by atoms with Gasteiger partial charge in [-0.05, 0) is 32.9 Å². The van der Waals surface area contributed by atoms with Gasteiger partial charge < -0.3 is 9.64 Å². The van der Waals surface area contributed by atoms with E-state index in [2.05, 4.69) is 4.74 Å². The number of aryl methyl sites for hydroxylation is 1. The van der Waals surface area contributed by atoms with Crippen molar-refractivity contribution in [3.63, 3.8) is 0 Å². The third-order valence-electron chi connectivity index (χ3n) is 3.47. The zero-order valence-corrected chi connectivity index (χ0v) is 13.2. The Morgan fingerprint density at radius 1 is 1.29 bits per heavy atom. The zero-order valence-electron chi connectivity index (χ0n) is 12.4. The van der Waals surface area contributed by atoms with Crippen LogP contribution in [-0.2, 0) is 9.53 Å². The molecule has 1 fully saturated rings. The maximum Gasteiger partial charge on any atom is 0.332 e. The van der Waals surface area contributed by atoms with Crippen LogP contribution in [0.1, 0.15) is 29.8 Å². The topological polar surface area (TPSA) is 46.6 Å². The average Bonchev–Trinajstić information content (AvgIpc) is 2.67. The molecule has 0 saturated carbocycles. The van der Waals surface area contributed by atoms with Gasteiger partial charge >= 0.3 is 5.97 Å². The molecule has 0 unspecified atom stereocenters. The Hall–Kier alpha value is -1.56. The molecule has 0 radical (unpaired) electrons. The van der Waals surface area contributed by atoms with Crippen LogP contribution in [0.4, 0.5) is 4.39 Å². The molecule has 1 aliphatic heterocycles. The molecule has 1 heterocycles. The SMILES string of the molecule is COC(=O)[C@@H]1[C@@H](F)SC(C)(C)N1C(=O)c1ccc(C)cc1. The Balaban J connectivity index is 2.39. The molecular formula is C15H18FNO3S. The summed E-state index contributed by atoms with van der Waals surface area (Å²) in [6, 6.07) is 5.76. The van der Waals surface area contributed by atoms with Crippen molar-refractivity contribution in [1.29, 1.82) is 0 Å². The van der Waals surface area contributed by atoms with Crippen molar-refractivity contribution >= 4 is 23.6 Å². The molecule has 1 aromatic carbocycles. The molecule has 0 bridgehead atoms. The molecule has 4 nitrogen and oxygen atoms in total. The number of carbonyl (C=O) groups excluding carboxylic acids is 2. The highest BCUT2D eigenvalue weighted by Gasteiger charge is 2.53. The minimum Gasteiger partial charge on any atom is -0.467 e. The fraction of sp³-hybridized carbons (Fsp3) is 0.467. The molecule has 2 rings (SSSR count). The van der Waals surface area contributed by atoms with Crippen LogP contribution in [0.5, 0.6) is 0 Å². The van der Waals surface area contributed by atoms with Crippen LogP contribution in [0, 0.1) is 6.92 Å². The molecule has 0 spiro atoms. The number of hydrogen-bond acceptors (Lipinski definition) is 4. The minimum atomic E-state index is -1.50. The minimum absolute atomic E-state index is 0.372. The summed E-state index contributed by atoms with van der Waals surface area (Å²) < 4.78 is 18.8. The molecular weight excluding hydrogens is 293 g/mol. The molecule has 1 aromatic rings. The molecule has 1 aliphatic rings.